The zero-order chi connectivity index (χ0) is 18.8. The van der Waals surface area contributed by atoms with Gasteiger partial charge in [0.05, 0.1) is 23.5 Å². The fourth-order valence-corrected chi connectivity index (χ4v) is 4.74. The average Bonchev–Trinajstić information content (AvgIpc) is 3.08. The third-order valence-corrected chi connectivity index (χ3v) is 6.29. The van der Waals surface area contributed by atoms with Crippen LogP contribution in [-0.4, -0.2) is 52.7 Å². The van der Waals surface area contributed by atoms with Crippen LogP contribution in [0.1, 0.15) is 38.8 Å². The zero-order valence-corrected chi connectivity index (χ0v) is 15.9. The van der Waals surface area contributed by atoms with Gasteiger partial charge in [-0.1, -0.05) is 12.1 Å². The molecule has 142 valence electrons. The van der Waals surface area contributed by atoms with Gasteiger partial charge in [-0.25, -0.2) is 9.37 Å². The van der Waals surface area contributed by atoms with E-state index in [0.29, 0.717) is 25.9 Å². The molecule has 1 aromatic heterocycles. The number of Topliss-reactive ketones (excluding diaryl/α,β-unsaturated/α-hetero) is 1. The van der Waals surface area contributed by atoms with Crippen LogP contribution in [0.15, 0.2) is 24.3 Å². The predicted molar refractivity (Wildman–Crippen MR) is 101 cm³/mol. The van der Waals surface area contributed by atoms with Crippen molar-refractivity contribution in [3.63, 3.8) is 0 Å². The summed E-state index contributed by atoms with van der Waals surface area (Å²) in [6.07, 6.45) is 2.76. The second-order valence-corrected chi connectivity index (χ2v) is 8.20. The standard InChI is InChI=1S/C20H22FN3O2S/c21-15-6-4-14(5-7-15)12-19(26)24-10-8-23(9-11-24)13-18-22-16-2-1-3-17(25)20(16)27-18/h4-7H,1-3,8-13H2. The van der Waals surface area contributed by atoms with Crippen molar-refractivity contribution in [2.24, 2.45) is 0 Å². The largest absolute Gasteiger partial charge is 0.340 e. The molecule has 0 N–H and O–H groups in total. The maximum Gasteiger partial charge on any atom is 0.227 e. The van der Waals surface area contributed by atoms with Gasteiger partial charge < -0.3 is 4.90 Å². The minimum atomic E-state index is -0.287. The summed E-state index contributed by atoms with van der Waals surface area (Å²) in [5, 5.41) is 1.00. The van der Waals surface area contributed by atoms with E-state index in [1.165, 1.54) is 23.5 Å². The summed E-state index contributed by atoms with van der Waals surface area (Å²) in [6, 6.07) is 6.10. The molecule has 0 radical (unpaired) electrons. The molecule has 1 saturated heterocycles. The molecule has 0 unspecified atom stereocenters. The molecule has 2 aromatic rings. The van der Waals surface area contributed by atoms with Gasteiger partial charge in [-0.2, -0.15) is 0 Å². The number of carbonyl (C=O) groups excluding carboxylic acids is 2. The molecule has 1 aromatic carbocycles. The predicted octanol–water partition coefficient (Wildman–Crippen LogP) is 2.69. The second kappa shape index (κ2) is 7.86. The van der Waals surface area contributed by atoms with Crippen molar-refractivity contribution in [3.8, 4) is 0 Å². The number of aromatic nitrogens is 1. The molecule has 0 saturated carbocycles. The average molecular weight is 387 g/mol. The molecule has 2 aliphatic rings. The van der Waals surface area contributed by atoms with Crippen LogP contribution in [0, 0.1) is 5.82 Å². The number of hydrogen-bond acceptors (Lipinski definition) is 5. The highest BCUT2D eigenvalue weighted by molar-refractivity contribution is 7.13. The summed E-state index contributed by atoms with van der Waals surface area (Å²) in [4.78, 5) is 34.1. The molecule has 1 amide bonds. The van der Waals surface area contributed by atoms with Crippen molar-refractivity contribution < 1.29 is 14.0 Å². The van der Waals surface area contributed by atoms with E-state index in [-0.39, 0.29) is 17.5 Å². The Kier molecular flexibility index (Phi) is 5.31. The quantitative estimate of drug-likeness (QED) is 0.810. The summed E-state index contributed by atoms with van der Waals surface area (Å²) in [5.74, 6) is 0.0261. The van der Waals surface area contributed by atoms with E-state index >= 15 is 0 Å². The highest BCUT2D eigenvalue weighted by Crippen LogP contribution is 2.27. The van der Waals surface area contributed by atoms with E-state index in [0.717, 1.165) is 53.6 Å². The fourth-order valence-electron chi connectivity index (χ4n) is 3.62. The minimum Gasteiger partial charge on any atom is -0.340 e. The van der Waals surface area contributed by atoms with Crippen LogP contribution in [0.5, 0.6) is 0 Å². The van der Waals surface area contributed by atoms with Gasteiger partial charge in [0.15, 0.2) is 5.78 Å². The number of hydrogen-bond donors (Lipinski definition) is 0. The minimum absolute atomic E-state index is 0.0802. The molecule has 27 heavy (non-hydrogen) atoms. The number of amides is 1. The smallest absolute Gasteiger partial charge is 0.227 e. The topological polar surface area (TPSA) is 53.5 Å². The van der Waals surface area contributed by atoms with Crippen molar-refractivity contribution in [1.29, 1.82) is 0 Å². The number of thiazole rings is 1. The Labute approximate surface area is 161 Å². The lowest BCUT2D eigenvalue weighted by molar-refractivity contribution is -0.132. The number of benzene rings is 1. The van der Waals surface area contributed by atoms with E-state index in [1.807, 2.05) is 4.90 Å². The van der Waals surface area contributed by atoms with Gasteiger partial charge in [-0.3, -0.25) is 14.5 Å². The van der Waals surface area contributed by atoms with Crippen molar-refractivity contribution in [2.45, 2.75) is 32.2 Å². The molecule has 7 heteroatoms. The number of aryl methyl sites for hydroxylation is 1. The molecule has 5 nitrogen and oxygen atoms in total. The molecule has 0 atom stereocenters. The van der Waals surface area contributed by atoms with Crippen LogP contribution in [0.25, 0.3) is 0 Å². The van der Waals surface area contributed by atoms with Crippen LogP contribution in [0.4, 0.5) is 4.39 Å². The highest BCUT2D eigenvalue weighted by atomic mass is 32.1. The van der Waals surface area contributed by atoms with Gasteiger partial charge in [-0.15, -0.1) is 11.3 Å². The number of nitrogens with zero attached hydrogens (tertiary/aromatic N) is 3. The van der Waals surface area contributed by atoms with Crippen LogP contribution < -0.4 is 0 Å². The molecule has 0 spiro atoms. The van der Waals surface area contributed by atoms with Crippen molar-refractivity contribution in [1.82, 2.24) is 14.8 Å². The Balaban J connectivity index is 1.29. The first kappa shape index (κ1) is 18.3. The van der Waals surface area contributed by atoms with E-state index < -0.39 is 0 Å². The Morgan fingerprint density at radius 3 is 2.56 bits per heavy atom. The van der Waals surface area contributed by atoms with Gasteiger partial charge in [0.2, 0.25) is 5.91 Å². The Bertz CT molecular complexity index is 841. The summed E-state index contributed by atoms with van der Waals surface area (Å²) in [6.45, 7) is 3.71. The summed E-state index contributed by atoms with van der Waals surface area (Å²) in [7, 11) is 0. The number of halogens is 1. The Morgan fingerprint density at radius 2 is 1.85 bits per heavy atom. The van der Waals surface area contributed by atoms with Crippen molar-refractivity contribution in [2.75, 3.05) is 26.2 Å². The first-order valence-electron chi connectivity index (χ1n) is 9.35. The number of rotatable bonds is 4. The lowest BCUT2D eigenvalue weighted by Crippen LogP contribution is -2.48. The molecule has 1 aliphatic carbocycles. The van der Waals surface area contributed by atoms with Crippen LogP contribution in [-0.2, 0) is 24.2 Å². The second-order valence-electron chi connectivity index (χ2n) is 7.12. The molecule has 0 bridgehead atoms. The third-order valence-electron chi connectivity index (χ3n) is 5.16. The molecule has 1 aliphatic heterocycles. The maximum atomic E-state index is 13.0. The van der Waals surface area contributed by atoms with Crippen molar-refractivity contribution >= 4 is 23.0 Å². The van der Waals surface area contributed by atoms with Gasteiger partial charge in [0.25, 0.3) is 0 Å². The summed E-state index contributed by atoms with van der Waals surface area (Å²) in [5.41, 5.74) is 1.81. The first-order chi connectivity index (χ1) is 13.1. The number of ketones is 1. The van der Waals surface area contributed by atoms with E-state index in [9.17, 15) is 14.0 Å². The first-order valence-corrected chi connectivity index (χ1v) is 10.2. The van der Waals surface area contributed by atoms with Crippen molar-refractivity contribution in [3.05, 3.63) is 51.2 Å². The van der Waals surface area contributed by atoms with E-state index in [2.05, 4.69) is 9.88 Å². The van der Waals surface area contributed by atoms with Gasteiger partial charge in [-0.05, 0) is 30.5 Å². The number of piperazine rings is 1. The van der Waals surface area contributed by atoms with Crippen LogP contribution >= 0.6 is 11.3 Å². The van der Waals surface area contributed by atoms with Crippen LogP contribution in [0.3, 0.4) is 0 Å². The lowest BCUT2D eigenvalue weighted by atomic mass is 10.0. The molecular formula is C20H22FN3O2S. The summed E-state index contributed by atoms with van der Waals surface area (Å²) >= 11 is 1.53. The molecular weight excluding hydrogens is 365 g/mol. The monoisotopic (exact) mass is 387 g/mol. The normalized spacial score (nSPS) is 17.8. The number of carbonyl (C=O) groups is 2. The molecule has 4 rings (SSSR count). The SMILES string of the molecule is O=C1CCCc2nc(CN3CCN(C(=O)Cc4ccc(F)cc4)CC3)sc21. The molecule has 1 fully saturated rings. The highest BCUT2D eigenvalue weighted by Gasteiger charge is 2.25. The fraction of sp³-hybridized carbons (Fsp3) is 0.450. The zero-order valence-electron chi connectivity index (χ0n) is 15.1. The molecule has 2 heterocycles. The van der Waals surface area contributed by atoms with Crippen LogP contribution in [0.2, 0.25) is 0 Å². The van der Waals surface area contributed by atoms with E-state index in [4.69, 9.17) is 0 Å². The van der Waals surface area contributed by atoms with Gasteiger partial charge in [0.1, 0.15) is 10.8 Å². The van der Waals surface area contributed by atoms with E-state index in [1.54, 1.807) is 12.1 Å². The lowest BCUT2D eigenvalue weighted by Gasteiger charge is -2.34. The summed E-state index contributed by atoms with van der Waals surface area (Å²) < 4.78 is 13.0. The Morgan fingerprint density at radius 1 is 1.11 bits per heavy atom. The van der Waals surface area contributed by atoms with Gasteiger partial charge in [0, 0.05) is 32.6 Å². The third kappa shape index (κ3) is 4.25. The number of fused-ring (bicyclic) bond motifs is 1. The Hall–Kier alpha value is -2.12. The maximum absolute atomic E-state index is 13.0. The van der Waals surface area contributed by atoms with Gasteiger partial charge >= 0.3 is 0 Å².